The molecule has 19 heavy (non-hydrogen) atoms. The van der Waals surface area contributed by atoms with Gasteiger partial charge in [-0.25, -0.2) is 4.98 Å². The van der Waals surface area contributed by atoms with Crippen molar-refractivity contribution in [3.63, 3.8) is 0 Å². The number of aryl methyl sites for hydroxylation is 2. The summed E-state index contributed by atoms with van der Waals surface area (Å²) in [6.45, 7) is 4.17. The molecule has 1 atom stereocenters. The minimum atomic E-state index is 0.0438. The molecule has 98 valence electrons. The molecule has 4 heteroatoms. The number of benzene rings is 1. The van der Waals surface area contributed by atoms with E-state index < -0.39 is 0 Å². The van der Waals surface area contributed by atoms with Crippen LogP contribution in [0.4, 0.5) is 0 Å². The molecule has 0 spiro atoms. The summed E-state index contributed by atoms with van der Waals surface area (Å²) in [7, 11) is 0. The van der Waals surface area contributed by atoms with Gasteiger partial charge in [0, 0.05) is 26.9 Å². The lowest BCUT2D eigenvalue weighted by Gasteiger charge is -2.06. The third kappa shape index (κ3) is 2.56. The second-order valence-corrected chi connectivity index (χ2v) is 7.15. The van der Waals surface area contributed by atoms with Crippen molar-refractivity contribution in [3.8, 4) is 0 Å². The van der Waals surface area contributed by atoms with Crippen molar-refractivity contribution in [2.45, 2.75) is 26.3 Å². The predicted octanol–water partition coefficient (Wildman–Crippen LogP) is 4.22. The highest BCUT2D eigenvalue weighted by molar-refractivity contribution is 7.19. The molecule has 0 aliphatic heterocycles. The number of hydrogen-bond acceptors (Lipinski definition) is 4. The lowest BCUT2D eigenvalue weighted by molar-refractivity contribution is 0.731. The van der Waals surface area contributed by atoms with Crippen LogP contribution in [0.2, 0.25) is 0 Å². The van der Waals surface area contributed by atoms with Gasteiger partial charge >= 0.3 is 0 Å². The Morgan fingerprint density at radius 3 is 2.68 bits per heavy atom. The molecule has 0 saturated carbocycles. The number of hydrogen-bond donors (Lipinski definition) is 1. The molecule has 0 aliphatic rings. The maximum Gasteiger partial charge on any atom is 0.0950 e. The van der Waals surface area contributed by atoms with E-state index >= 15 is 0 Å². The predicted molar refractivity (Wildman–Crippen MR) is 84.0 cm³/mol. The highest BCUT2D eigenvalue weighted by atomic mass is 32.1. The van der Waals surface area contributed by atoms with Gasteiger partial charge in [0.05, 0.1) is 10.7 Å². The standard InChI is InChI=1S/C15H16N2S2/c1-9-10(2)18-15(17-9)8-12(16)14-7-11-5-3-4-6-13(11)19-14/h3-7,12H,8,16H2,1-2H3. The lowest BCUT2D eigenvalue weighted by atomic mass is 10.1. The fourth-order valence-corrected chi connectivity index (χ4v) is 4.16. The van der Waals surface area contributed by atoms with Crippen LogP contribution in [0.25, 0.3) is 10.1 Å². The first-order chi connectivity index (χ1) is 9.13. The van der Waals surface area contributed by atoms with E-state index in [-0.39, 0.29) is 6.04 Å². The molecule has 2 nitrogen and oxygen atoms in total. The van der Waals surface area contributed by atoms with E-state index in [0.29, 0.717) is 0 Å². The Morgan fingerprint density at radius 1 is 1.21 bits per heavy atom. The van der Waals surface area contributed by atoms with Gasteiger partial charge in [0.1, 0.15) is 0 Å². The van der Waals surface area contributed by atoms with Crippen LogP contribution in [0, 0.1) is 13.8 Å². The summed E-state index contributed by atoms with van der Waals surface area (Å²) in [5.74, 6) is 0. The second kappa shape index (κ2) is 5.04. The molecule has 3 aromatic rings. The van der Waals surface area contributed by atoms with Crippen LogP contribution in [-0.4, -0.2) is 4.98 Å². The number of rotatable bonds is 3. The Balaban J connectivity index is 1.85. The minimum absolute atomic E-state index is 0.0438. The lowest BCUT2D eigenvalue weighted by Crippen LogP contribution is -2.11. The van der Waals surface area contributed by atoms with Crippen molar-refractivity contribution in [1.29, 1.82) is 0 Å². The van der Waals surface area contributed by atoms with Crippen LogP contribution < -0.4 is 5.73 Å². The molecule has 0 saturated heterocycles. The van der Waals surface area contributed by atoms with Crippen LogP contribution in [0.5, 0.6) is 0 Å². The molecule has 0 fully saturated rings. The molecule has 2 aromatic heterocycles. The molecule has 1 aromatic carbocycles. The summed E-state index contributed by atoms with van der Waals surface area (Å²) in [6.07, 6.45) is 0.826. The first-order valence-electron chi connectivity index (χ1n) is 6.30. The van der Waals surface area contributed by atoms with E-state index in [0.717, 1.165) is 17.1 Å². The zero-order valence-electron chi connectivity index (χ0n) is 11.0. The summed E-state index contributed by atoms with van der Waals surface area (Å²) >= 11 is 3.55. The quantitative estimate of drug-likeness (QED) is 0.784. The topological polar surface area (TPSA) is 38.9 Å². The minimum Gasteiger partial charge on any atom is -0.323 e. The van der Waals surface area contributed by atoms with E-state index in [9.17, 15) is 0 Å². The van der Waals surface area contributed by atoms with Gasteiger partial charge < -0.3 is 5.73 Å². The Morgan fingerprint density at radius 2 is 2.00 bits per heavy atom. The number of aromatic nitrogens is 1. The monoisotopic (exact) mass is 288 g/mol. The molecule has 3 rings (SSSR count). The van der Waals surface area contributed by atoms with E-state index in [1.807, 2.05) is 0 Å². The van der Waals surface area contributed by atoms with Crippen molar-refractivity contribution in [2.24, 2.45) is 5.73 Å². The van der Waals surface area contributed by atoms with Gasteiger partial charge in [-0.1, -0.05) is 18.2 Å². The first-order valence-corrected chi connectivity index (χ1v) is 7.94. The SMILES string of the molecule is Cc1nc(CC(N)c2cc3ccccc3s2)sc1C. The van der Waals surface area contributed by atoms with Crippen LogP contribution >= 0.6 is 22.7 Å². The normalized spacial score (nSPS) is 13.0. The number of nitrogens with zero attached hydrogens (tertiary/aromatic N) is 1. The van der Waals surface area contributed by atoms with Crippen molar-refractivity contribution in [1.82, 2.24) is 4.98 Å². The summed E-state index contributed by atoms with van der Waals surface area (Å²) < 4.78 is 1.31. The molecule has 0 bridgehead atoms. The molecule has 1 unspecified atom stereocenters. The van der Waals surface area contributed by atoms with Gasteiger partial charge in [0.2, 0.25) is 0 Å². The summed E-state index contributed by atoms with van der Waals surface area (Å²) in [5.41, 5.74) is 7.46. The second-order valence-electron chi connectivity index (χ2n) is 4.75. The molecule has 0 radical (unpaired) electrons. The zero-order chi connectivity index (χ0) is 13.4. The Bertz CT molecular complexity index is 659. The summed E-state index contributed by atoms with van der Waals surface area (Å²) in [6, 6.07) is 10.7. The Labute approximate surface area is 120 Å². The van der Waals surface area contributed by atoms with Gasteiger partial charge in [-0.15, -0.1) is 22.7 Å². The third-order valence-electron chi connectivity index (χ3n) is 3.28. The highest BCUT2D eigenvalue weighted by Gasteiger charge is 2.13. The number of nitrogens with two attached hydrogens (primary N) is 1. The van der Waals surface area contributed by atoms with Crippen LogP contribution in [-0.2, 0) is 6.42 Å². The van der Waals surface area contributed by atoms with E-state index in [2.05, 4.69) is 49.2 Å². The first kappa shape index (κ1) is 12.8. The summed E-state index contributed by atoms with van der Waals surface area (Å²) in [5, 5.41) is 2.42. The number of thiophene rings is 1. The van der Waals surface area contributed by atoms with Crippen molar-refractivity contribution < 1.29 is 0 Å². The van der Waals surface area contributed by atoms with Crippen molar-refractivity contribution in [3.05, 3.63) is 50.8 Å². The van der Waals surface area contributed by atoms with Gasteiger partial charge in [0.25, 0.3) is 0 Å². The van der Waals surface area contributed by atoms with Gasteiger partial charge in [-0.2, -0.15) is 0 Å². The van der Waals surface area contributed by atoms with Crippen LogP contribution in [0.3, 0.4) is 0 Å². The van der Waals surface area contributed by atoms with E-state index in [1.165, 1.54) is 19.8 Å². The van der Waals surface area contributed by atoms with Crippen LogP contribution in [0.1, 0.15) is 26.5 Å². The van der Waals surface area contributed by atoms with Crippen LogP contribution in [0.15, 0.2) is 30.3 Å². The van der Waals surface area contributed by atoms with Crippen molar-refractivity contribution >= 4 is 32.8 Å². The fraction of sp³-hybridized carbons (Fsp3) is 0.267. The largest absolute Gasteiger partial charge is 0.323 e. The van der Waals surface area contributed by atoms with Crippen molar-refractivity contribution in [2.75, 3.05) is 0 Å². The maximum absolute atomic E-state index is 6.33. The van der Waals surface area contributed by atoms with Gasteiger partial charge in [-0.05, 0) is 31.4 Å². The molecule has 2 N–H and O–H groups in total. The Kier molecular flexibility index (Phi) is 3.39. The molecule has 0 amide bonds. The Hall–Kier alpha value is -1.23. The van der Waals surface area contributed by atoms with Gasteiger partial charge in [-0.3, -0.25) is 0 Å². The van der Waals surface area contributed by atoms with E-state index in [4.69, 9.17) is 5.73 Å². The third-order valence-corrected chi connectivity index (χ3v) is 5.62. The van der Waals surface area contributed by atoms with Gasteiger partial charge in [0.15, 0.2) is 0 Å². The smallest absolute Gasteiger partial charge is 0.0950 e. The number of thiazole rings is 1. The molecular weight excluding hydrogens is 272 g/mol. The maximum atomic E-state index is 6.33. The molecule has 0 aliphatic carbocycles. The average molecular weight is 288 g/mol. The number of fused-ring (bicyclic) bond motifs is 1. The molecule has 2 heterocycles. The van der Waals surface area contributed by atoms with E-state index in [1.54, 1.807) is 22.7 Å². The zero-order valence-corrected chi connectivity index (χ0v) is 12.6. The molecular formula is C15H16N2S2. The average Bonchev–Trinajstić information content (AvgIpc) is 2.93. The summed E-state index contributed by atoms with van der Waals surface area (Å²) in [4.78, 5) is 7.11. The fourth-order valence-electron chi connectivity index (χ4n) is 2.10. The highest BCUT2D eigenvalue weighted by Crippen LogP contribution is 2.31.